The first-order chi connectivity index (χ1) is 14.2. The molecule has 0 radical (unpaired) electrons. The van der Waals surface area contributed by atoms with Gasteiger partial charge >= 0.3 is 0 Å². The van der Waals surface area contributed by atoms with Gasteiger partial charge in [0.25, 0.3) is 0 Å². The van der Waals surface area contributed by atoms with Crippen molar-refractivity contribution in [2.75, 3.05) is 12.4 Å². The molecular weight excluding hydrogens is 423 g/mol. The summed E-state index contributed by atoms with van der Waals surface area (Å²) >= 11 is 12.1. The van der Waals surface area contributed by atoms with Gasteiger partial charge in [0, 0.05) is 23.4 Å². The van der Waals surface area contributed by atoms with E-state index in [1.54, 1.807) is 31.5 Å². The summed E-state index contributed by atoms with van der Waals surface area (Å²) in [5.41, 5.74) is 2.42. The van der Waals surface area contributed by atoms with Crippen LogP contribution in [0.15, 0.2) is 47.0 Å². The Kier molecular flexibility index (Phi) is 6.74. The average molecular weight is 447 g/mol. The zero-order valence-corrected chi connectivity index (χ0v) is 18.9. The molecule has 0 aliphatic rings. The van der Waals surface area contributed by atoms with Crippen LogP contribution in [0.2, 0.25) is 10.0 Å². The molecule has 158 valence electrons. The molecule has 0 aliphatic carbocycles. The van der Waals surface area contributed by atoms with Crippen LogP contribution in [0.5, 0.6) is 5.75 Å². The lowest BCUT2D eigenvalue weighted by molar-refractivity contribution is -0.116. The zero-order chi connectivity index (χ0) is 21.9. The first-order valence-electron chi connectivity index (χ1n) is 9.56. The van der Waals surface area contributed by atoms with Crippen molar-refractivity contribution in [3.05, 3.63) is 64.1 Å². The number of aromatic nitrogens is 1. The molecule has 1 aromatic heterocycles. The van der Waals surface area contributed by atoms with Crippen molar-refractivity contribution in [1.29, 1.82) is 0 Å². The summed E-state index contributed by atoms with van der Waals surface area (Å²) in [6, 6.07) is 11.0. The molecule has 1 amide bonds. The van der Waals surface area contributed by atoms with Gasteiger partial charge in [0.15, 0.2) is 11.7 Å². The van der Waals surface area contributed by atoms with E-state index in [1.807, 2.05) is 18.2 Å². The van der Waals surface area contributed by atoms with E-state index in [0.717, 1.165) is 5.56 Å². The Hall–Kier alpha value is -2.50. The van der Waals surface area contributed by atoms with E-state index in [2.05, 4.69) is 31.1 Å². The molecule has 0 spiro atoms. The number of hydrogen-bond donors (Lipinski definition) is 1. The second kappa shape index (κ2) is 9.11. The van der Waals surface area contributed by atoms with Gasteiger partial charge in [0.05, 0.1) is 24.0 Å². The number of carbonyl (C=O) groups is 1. The molecule has 0 atom stereocenters. The molecule has 1 heterocycles. The lowest BCUT2D eigenvalue weighted by Crippen LogP contribution is -2.16. The highest BCUT2D eigenvalue weighted by Crippen LogP contribution is 2.32. The van der Waals surface area contributed by atoms with Crippen molar-refractivity contribution in [2.24, 2.45) is 0 Å². The Morgan fingerprint density at radius 1 is 1.17 bits per heavy atom. The van der Waals surface area contributed by atoms with E-state index in [4.69, 9.17) is 32.4 Å². The number of hydrogen-bond acceptors (Lipinski definition) is 4. The predicted octanol–water partition coefficient (Wildman–Crippen LogP) is 6.53. The van der Waals surface area contributed by atoms with E-state index < -0.39 is 0 Å². The van der Waals surface area contributed by atoms with E-state index in [1.165, 1.54) is 0 Å². The smallest absolute Gasteiger partial charge is 0.224 e. The fourth-order valence-electron chi connectivity index (χ4n) is 2.95. The van der Waals surface area contributed by atoms with Crippen LogP contribution in [0.4, 0.5) is 5.69 Å². The van der Waals surface area contributed by atoms with E-state index in [0.29, 0.717) is 45.1 Å². The minimum absolute atomic E-state index is 0.0385. The van der Waals surface area contributed by atoms with E-state index >= 15 is 0 Å². The first kappa shape index (κ1) is 22.2. The highest BCUT2D eigenvalue weighted by molar-refractivity contribution is 6.36. The number of oxazole rings is 1. The molecule has 5 nitrogen and oxygen atoms in total. The van der Waals surface area contributed by atoms with Crippen LogP contribution in [0.25, 0.3) is 11.3 Å². The summed E-state index contributed by atoms with van der Waals surface area (Å²) in [4.78, 5) is 16.8. The molecule has 0 unspecified atom stereocenters. The Morgan fingerprint density at radius 3 is 2.60 bits per heavy atom. The van der Waals surface area contributed by atoms with Gasteiger partial charge in [0.1, 0.15) is 5.75 Å². The van der Waals surface area contributed by atoms with Crippen LogP contribution in [0, 0.1) is 0 Å². The minimum Gasteiger partial charge on any atom is -0.495 e. The quantitative estimate of drug-likeness (QED) is 0.467. The largest absolute Gasteiger partial charge is 0.495 e. The summed E-state index contributed by atoms with van der Waals surface area (Å²) in [6.07, 6.45) is 2.17. The molecule has 3 rings (SSSR count). The van der Waals surface area contributed by atoms with Gasteiger partial charge in [-0.25, -0.2) is 4.98 Å². The number of aryl methyl sites for hydroxylation is 1. The van der Waals surface area contributed by atoms with Crippen LogP contribution < -0.4 is 10.1 Å². The average Bonchev–Trinajstić information content (AvgIpc) is 3.14. The van der Waals surface area contributed by atoms with Crippen molar-refractivity contribution in [2.45, 2.75) is 39.0 Å². The number of benzene rings is 2. The summed E-state index contributed by atoms with van der Waals surface area (Å²) in [7, 11) is 1.58. The van der Waals surface area contributed by atoms with Crippen molar-refractivity contribution >= 4 is 34.8 Å². The molecule has 0 bridgehead atoms. The van der Waals surface area contributed by atoms with Crippen molar-refractivity contribution in [1.82, 2.24) is 4.98 Å². The molecule has 0 saturated heterocycles. The predicted molar refractivity (Wildman–Crippen MR) is 121 cm³/mol. The Morgan fingerprint density at radius 2 is 1.93 bits per heavy atom. The first-order valence-corrected chi connectivity index (χ1v) is 10.3. The number of anilines is 1. The lowest BCUT2D eigenvalue weighted by atomic mass is 9.87. The van der Waals surface area contributed by atoms with Crippen LogP contribution in [-0.4, -0.2) is 18.0 Å². The molecule has 2 aromatic carbocycles. The van der Waals surface area contributed by atoms with Crippen LogP contribution in [0.3, 0.4) is 0 Å². The van der Waals surface area contributed by atoms with Gasteiger partial charge in [-0.2, -0.15) is 0 Å². The monoisotopic (exact) mass is 446 g/mol. The van der Waals surface area contributed by atoms with E-state index in [9.17, 15) is 4.79 Å². The van der Waals surface area contributed by atoms with Gasteiger partial charge in [-0.1, -0.05) is 50.0 Å². The SMILES string of the molecule is COc1ccc(C(C)(C)C)cc1NC(=O)CCc1ncc(-c2ccc(Cl)cc2Cl)o1. The highest BCUT2D eigenvalue weighted by Gasteiger charge is 2.17. The minimum atomic E-state index is -0.149. The van der Waals surface area contributed by atoms with Crippen molar-refractivity contribution in [3.63, 3.8) is 0 Å². The molecule has 0 aliphatic heterocycles. The van der Waals surface area contributed by atoms with Crippen LogP contribution in [0.1, 0.15) is 38.6 Å². The third-order valence-electron chi connectivity index (χ3n) is 4.66. The Labute approximate surface area is 186 Å². The topological polar surface area (TPSA) is 64.4 Å². The maximum atomic E-state index is 12.5. The Balaban J connectivity index is 1.66. The fraction of sp³-hybridized carbons (Fsp3) is 0.304. The molecule has 0 fully saturated rings. The molecule has 3 aromatic rings. The Bertz CT molecular complexity index is 1050. The van der Waals surface area contributed by atoms with Gasteiger partial charge < -0.3 is 14.5 Å². The van der Waals surface area contributed by atoms with Crippen LogP contribution >= 0.6 is 23.2 Å². The van der Waals surface area contributed by atoms with Gasteiger partial charge in [-0.3, -0.25) is 4.79 Å². The number of nitrogens with one attached hydrogen (secondary N) is 1. The summed E-state index contributed by atoms with van der Waals surface area (Å²) < 4.78 is 11.1. The van der Waals surface area contributed by atoms with Gasteiger partial charge in [-0.05, 0) is 41.3 Å². The number of methoxy groups -OCH3 is 1. The number of nitrogens with zero attached hydrogens (tertiary/aromatic N) is 1. The van der Waals surface area contributed by atoms with E-state index in [-0.39, 0.29) is 17.7 Å². The third-order valence-corrected chi connectivity index (χ3v) is 5.20. The normalized spacial score (nSPS) is 11.4. The molecular formula is C23H24Cl2N2O3. The second-order valence-electron chi connectivity index (χ2n) is 7.96. The summed E-state index contributed by atoms with van der Waals surface area (Å²) in [6.45, 7) is 6.36. The van der Waals surface area contributed by atoms with Crippen molar-refractivity contribution < 1.29 is 13.9 Å². The van der Waals surface area contributed by atoms with Gasteiger partial charge in [0.2, 0.25) is 5.91 Å². The highest BCUT2D eigenvalue weighted by atomic mass is 35.5. The number of carbonyl (C=O) groups excluding carboxylic acids is 1. The summed E-state index contributed by atoms with van der Waals surface area (Å²) in [5, 5.41) is 3.96. The zero-order valence-electron chi connectivity index (χ0n) is 17.4. The standard InChI is InChI=1S/C23H24Cl2N2O3/c1-23(2,3)14-5-8-19(29-4)18(11-14)27-21(28)9-10-22-26-13-20(30-22)16-7-6-15(24)12-17(16)25/h5-8,11-13H,9-10H2,1-4H3,(H,27,28). The molecule has 30 heavy (non-hydrogen) atoms. The second-order valence-corrected chi connectivity index (χ2v) is 8.80. The van der Waals surface area contributed by atoms with Crippen molar-refractivity contribution in [3.8, 4) is 17.1 Å². The fourth-order valence-corrected chi connectivity index (χ4v) is 3.45. The molecule has 1 N–H and O–H groups in total. The van der Waals surface area contributed by atoms with Gasteiger partial charge in [-0.15, -0.1) is 0 Å². The summed E-state index contributed by atoms with van der Waals surface area (Å²) in [5.74, 6) is 1.46. The third kappa shape index (κ3) is 5.35. The maximum absolute atomic E-state index is 12.5. The number of ether oxygens (including phenoxy) is 1. The molecule has 0 saturated carbocycles. The van der Waals surface area contributed by atoms with Crippen LogP contribution in [-0.2, 0) is 16.6 Å². The number of amides is 1. The number of halogens is 2. The number of rotatable bonds is 6. The lowest BCUT2D eigenvalue weighted by Gasteiger charge is -2.21. The molecule has 7 heteroatoms. The maximum Gasteiger partial charge on any atom is 0.224 e.